The van der Waals surface area contributed by atoms with E-state index in [4.69, 9.17) is 0 Å². The van der Waals surface area contributed by atoms with E-state index in [1.807, 2.05) is 32.9 Å². The van der Waals surface area contributed by atoms with Gasteiger partial charge in [0.15, 0.2) is 19.7 Å². The topological polar surface area (TPSA) is 68.3 Å². The van der Waals surface area contributed by atoms with Crippen molar-refractivity contribution in [3.8, 4) is 0 Å². The quantitative estimate of drug-likeness (QED) is 0.364. The van der Waals surface area contributed by atoms with E-state index in [0.717, 1.165) is 47.1 Å². The summed E-state index contributed by atoms with van der Waals surface area (Å²) in [5, 5.41) is -0.723. The molecule has 6 heteroatoms. The van der Waals surface area contributed by atoms with E-state index < -0.39 is 24.9 Å². The molecule has 3 rings (SSSR count). The van der Waals surface area contributed by atoms with Crippen molar-refractivity contribution in [2.24, 2.45) is 5.41 Å². The highest BCUT2D eigenvalue weighted by Gasteiger charge is 2.40. The Hall–Kier alpha value is -2.18. The molecule has 0 amide bonds. The molecular weight excluding hydrogens is 476 g/mol. The number of hydrogen-bond donors (Lipinski definition) is 0. The van der Waals surface area contributed by atoms with Crippen LogP contribution in [0.25, 0.3) is 0 Å². The van der Waals surface area contributed by atoms with Crippen LogP contribution in [0.4, 0.5) is 0 Å². The molecule has 2 aromatic carbocycles. The molecule has 35 heavy (non-hydrogen) atoms. The van der Waals surface area contributed by atoms with Gasteiger partial charge in [0, 0.05) is 0 Å². The van der Waals surface area contributed by atoms with E-state index in [-0.39, 0.29) is 22.5 Å². The Morgan fingerprint density at radius 2 is 1.40 bits per heavy atom. The second-order valence-corrected chi connectivity index (χ2v) is 14.8. The maximum atomic E-state index is 14.0. The van der Waals surface area contributed by atoms with Gasteiger partial charge in [-0.25, -0.2) is 16.8 Å². The van der Waals surface area contributed by atoms with Gasteiger partial charge in [-0.15, -0.1) is 0 Å². The zero-order valence-electron chi connectivity index (χ0n) is 21.8. The van der Waals surface area contributed by atoms with Crippen molar-refractivity contribution in [1.29, 1.82) is 0 Å². The first-order valence-corrected chi connectivity index (χ1v) is 15.4. The third-order valence-corrected chi connectivity index (χ3v) is 10.8. The van der Waals surface area contributed by atoms with Crippen molar-refractivity contribution in [2.45, 2.75) is 82.3 Å². The van der Waals surface area contributed by atoms with Crippen molar-refractivity contribution in [2.75, 3.05) is 5.75 Å². The number of aryl methyl sites for hydroxylation is 2. The van der Waals surface area contributed by atoms with Gasteiger partial charge in [-0.1, -0.05) is 66.5 Å². The molecule has 0 aliphatic heterocycles. The van der Waals surface area contributed by atoms with E-state index in [0.29, 0.717) is 4.90 Å². The van der Waals surface area contributed by atoms with Gasteiger partial charge in [0.25, 0.3) is 0 Å². The number of hydrogen-bond acceptors (Lipinski definition) is 4. The van der Waals surface area contributed by atoms with Crippen LogP contribution < -0.4 is 0 Å². The lowest BCUT2D eigenvalue weighted by Gasteiger charge is -2.39. The fourth-order valence-electron chi connectivity index (χ4n) is 5.08. The largest absolute Gasteiger partial charge is 0.223 e. The molecule has 190 valence electrons. The Kier molecular flexibility index (Phi) is 8.17. The van der Waals surface area contributed by atoms with Crippen molar-refractivity contribution in [1.82, 2.24) is 0 Å². The van der Waals surface area contributed by atoms with Crippen molar-refractivity contribution in [3.05, 3.63) is 82.5 Å². The molecule has 0 saturated carbocycles. The van der Waals surface area contributed by atoms with Crippen LogP contribution >= 0.6 is 0 Å². The highest BCUT2D eigenvalue weighted by Crippen LogP contribution is 2.46. The molecule has 0 radical (unpaired) electrons. The third kappa shape index (κ3) is 6.34. The summed E-state index contributed by atoms with van der Waals surface area (Å²) < 4.78 is 53.7. The van der Waals surface area contributed by atoms with Crippen LogP contribution in [0.15, 0.2) is 81.1 Å². The van der Waals surface area contributed by atoms with Crippen LogP contribution in [-0.4, -0.2) is 27.8 Å². The first-order chi connectivity index (χ1) is 16.2. The Balaban J connectivity index is 2.00. The van der Waals surface area contributed by atoms with Crippen LogP contribution in [0.5, 0.6) is 0 Å². The maximum Gasteiger partial charge on any atom is 0.185 e. The van der Waals surface area contributed by atoms with Gasteiger partial charge in [0.2, 0.25) is 0 Å². The summed E-state index contributed by atoms with van der Waals surface area (Å²) in [5.41, 5.74) is 4.66. The zero-order chi connectivity index (χ0) is 26.0. The lowest BCUT2D eigenvalue weighted by atomic mass is 9.71. The summed E-state index contributed by atoms with van der Waals surface area (Å²) in [6, 6.07) is 13.8. The highest BCUT2D eigenvalue weighted by atomic mass is 32.2. The number of benzene rings is 2. The maximum absolute atomic E-state index is 14.0. The number of allylic oxidation sites excluding steroid dienone is 2. The highest BCUT2D eigenvalue weighted by molar-refractivity contribution is 7.92. The molecule has 1 atom stereocenters. The van der Waals surface area contributed by atoms with E-state index in [9.17, 15) is 16.8 Å². The zero-order valence-corrected chi connectivity index (χ0v) is 23.4. The minimum absolute atomic E-state index is 0.152. The third-order valence-electron chi connectivity index (χ3n) is 7.13. The Morgan fingerprint density at radius 1 is 0.886 bits per heavy atom. The molecule has 1 aliphatic rings. The smallest absolute Gasteiger partial charge is 0.185 e. The first kappa shape index (κ1) is 27.4. The second-order valence-electron chi connectivity index (χ2n) is 10.6. The average Bonchev–Trinajstić information content (AvgIpc) is 2.77. The summed E-state index contributed by atoms with van der Waals surface area (Å²) in [6.07, 6.45) is 4.82. The van der Waals surface area contributed by atoms with Crippen LogP contribution in [0.3, 0.4) is 0 Å². The monoisotopic (exact) mass is 514 g/mol. The number of rotatable bonds is 8. The van der Waals surface area contributed by atoms with Crippen LogP contribution in [0.1, 0.15) is 64.5 Å². The van der Waals surface area contributed by atoms with Gasteiger partial charge < -0.3 is 0 Å². The van der Waals surface area contributed by atoms with Crippen molar-refractivity contribution < 1.29 is 16.8 Å². The molecule has 1 aliphatic carbocycles. The molecule has 0 aromatic heterocycles. The van der Waals surface area contributed by atoms with Gasteiger partial charge in [0.05, 0.1) is 20.8 Å². The normalized spacial score (nSPS) is 17.9. The van der Waals surface area contributed by atoms with Crippen LogP contribution in [0.2, 0.25) is 0 Å². The standard InChI is InChI=1S/C29H38O4S2/c1-21-9-13-25(14-10-21)34(30,31)19-17-23(3)20-27(28-24(4)8-7-18-29(28,5)6)35(32,33)26-15-11-22(2)12-16-26/h9-17,27H,7-8,18-20H2,1-6H3/b23-17+. The van der Waals surface area contributed by atoms with Gasteiger partial charge in [0.1, 0.15) is 0 Å². The molecule has 0 saturated heterocycles. The second kappa shape index (κ2) is 10.4. The molecule has 0 bridgehead atoms. The minimum atomic E-state index is -3.68. The average molecular weight is 515 g/mol. The summed E-state index contributed by atoms with van der Waals surface area (Å²) in [6.45, 7) is 12.0. The molecule has 0 N–H and O–H groups in total. The first-order valence-electron chi connectivity index (χ1n) is 12.2. The minimum Gasteiger partial charge on any atom is -0.223 e. The Labute approximate surface area is 212 Å². The molecular formula is C29H38O4S2. The predicted octanol–water partition coefficient (Wildman–Crippen LogP) is 6.78. The molecule has 0 fully saturated rings. The molecule has 0 spiro atoms. The summed E-state index contributed by atoms with van der Waals surface area (Å²) in [7, 11) is -7.17. The summed E-state index contributed by atoms with van der Waals surface area (Å²) in [5.74, 6) is -0.152. The van der Waals surface area contributed by atoms with Gasteiger partial charge in [-0.2, -0.15) is 0 Å². The van der Waals surface area contributed by atoms with E-state index in [1.165, 1.54) is 0 Å². The molecule has 0 heterocycles. The van der Waals surface area contributed by atoms with Crippen LogP contribution in [0, 0.1) is 19.3 Å². The van der Waals surface area contributed by atoms with Crippen molar-refractivity contribution >= 4 is 19.7 Å². The Bertz CT molecular complexity index is 1330. The fraction of sp³-hybridized carbons (Fsp3) is 0.448. The molecule has 1 unspecified atom stereocenters. The summed E-state index contributed by atoms with van der Waals surface area (Å²) >= 11 is 0. The van der Waals surface area contributed by atoms with Crippen molar-refractivity contribution in [3.63, 3.8) is 0 Å². The Morgan fingerprint density at radius 3 is 1.91 bits per heavy atom. The predicted molar refractivity (Wildman–Crippen MR) is 144 cm³/mol. The van der Waals surface area contributed by atoms with E-state index in [2.05, 4.69) is 20.8 Å². The van der Waals surface area contributed by atoms with E-state index >= 15 is 0 Å². The fourth-order valence-corrected chi connectivity index (χ4v) is 8.49. The van der Waals surface area contributed by atoms with E-state index in [1.54, 1.807) is 42.5 Å². The number of sulfone groups is 2. The molecule has 2 aromatic rings. The SMILES string of the molecule is CC1=C(C(C/C(C)=C/CS(=O)(=O)c2ccc(C)cc2)S(=O)(=O)c2ccc(C)cc2)C(C)(C)CCC1. The van der Waals surface area contributed by atoms with Gasteiger partial charge in [-0.3, -0.25) is 0 Å². The summed E-state index contributed by atoms with van der Waals surface area (Å²) in [4.78, 5) is 0.595. The lowest BCUT2D eigenvalue weighted by molar-refractivity contribution is 0.353. The molecule has 4 nitrogen and oxygen atoms in total. The van der Waals surface area contributed by atoms with Gasteiger partial charge in [-0.05, 0) is 88.6 Å². The van der Waals surface area contributed by atoms with Crippen LogP contribution in [-0.2, 0) is 19.7 Å². The van der Waals surface area contributed by atoms with Gasteiger partial charge >= 0.3 is 0 Å². The lowest BCUT2D eigenvalue weighted by Crippen LogP contribution is -2.35.